The predicted molar refractivity (Wildman–Crippen MR) is 126 cm³/mol. The van der Waals surface area contributed by atoms with Crippen LogP contribution in [0.4, 0.5) is 0 Å². The molecule has 0 saturated carbocycles. The summed E-state index contributed by atoms with van der Waals surface area (Å²) in [5.41, 5.74) is 2.16. The summed E-state index contributed by atoms with van der Waals surface area (Å²) in [7, 11) is 0. The van der Waals surface area contributed by atoms with Gasteiger partial charge in [-0.1, -0.05) is 35.3 Å². The van der Waals surface area contributed by atoms with Crippen LogP contribution in [0.3, 0.4) is 0 Å². The van der Waals surface area contributed by atoms with Crippen molar-refractivity contribution in [2.45, 2.75) is 59.7 Å². The van der Waals surface area contributed by atoms with E-state index in [1.807, 2.05) is 46.8 Å². The Morgan fingerprint density at radius 1 is 1.10 bits per heavy atom. The van der Waals surface area contributed by atoms with Gasteiger partial charge in [-0.25, -0.2) is 0 Å². The molecule has 2 aromatic carbocycles. The average molecular weight is 465 g/mol. The number of nitrogens with zero attached hydrogens (tertiary/aromatic N) is 1. The topological polar surface area (TPSA) is 58.6 Å². The van der Waals surface area contributed by atoms with Crippen LogP contribution < -0.4 is 10.1 Å². The van der Waals surface area contributed by atoms with Gasteiger partial charge in [0.25, 0.3) is 5.91 Å². The molecular formula is C24H30Cl2N2O3. The molecule has 0 radical (unpaired) electrons. The van der Waals surface area contributed by atoms with Gasteiger partial charge in [0.1, 0.15) is 11.8 Å². The van der Waals surface area contributed by atoms with Gasteiger partial charge < -0.3 is 15.0 Å². The Labute approximate surface area is 194 Å². The van der Waals surface area contributed by atoms with Crippen LogP contribution in [0.15, 0.2) is 36.4 Å². The van der Waals surface area contributed by atoms with Crippen LogP contribution in [0, 0.1) is 13.8 Å². The number of carbonyl (C=O) groups is 2. The first-order valence-electron chi connectivity index (χ1n) is 10.1. The highest BCUT2D eigenvalue weighted by molar-refractivity contribution is 6.32. The van der Waals surface area contributed by atoms with Gasteiger partial charge >= 0.3 is 0 Å². The summed E-state index contributed by atoms with van der Waals surface area (Å²) >= 11 is 12.3. The Hall–Kier alpha value is -2.24. The minimum atomic E-state index is -0.692. The quantitative estimate of drug-likeness (QED) is 0.602. The molecule has 0 unspecified atom stereocenters. The molecule has 168 valence electrons. The molecule has 2 rings (SSSR count). The van der Waals surface area contributed by atoms with Gasteiger partial charge in [-0.05, 0) is 82.5 Å². The van der Waals surface area contributed by atoms with Gasteiger partial charge in [0.05, 0.1) is 0 Å². The van der Waals surface area contributed by atoms with Gasteiger partial charge in [-0.2, -0.15) is 0 Å². The van der Waals surface area contributed by atoms with E-state index < -0.39 is 11.6 Å². The van der Waals surface area contributed by atoms with Crippen molar-refractivity contribution < 1.29 is 14.3 Å². The van der Waals surface area contributed by atoms with E-state index in [1.165, 1.54) is 4.90 Å². The second-order valence-electron chi connectivity index (χ2n) is 8.73. The van der Waals surface area contributed by atoms with Crippen molar-refractivity contribution >= 4 is 35.0 Å². The Morgan fingerprint density at radius 2 is 1.71 bits per heavy atom. The van der Waals surface area contributed by atoms with Crippen molar-refractivity contribution in [1.82, 2.24) is 10.2 Å². The summed E-state index contributed by atoms with van der Waals surface area (Å²) in [5, 5.41) is 4.18. The van der Waals surface area contributed by atoms with E-state index in [2.05, 4.69) is 5.32 Å². The second kappa shape index (κ2) is 10.4. The van der Waals surface area contributed by atoms with Crippen molar-refractivity contribution in [3.8, 4) is 5.75 Å². The molecule has 0 aliphatic heterocycles. The first-order valence-corrected chi connectivity index (χ1v) is 10.9. The first-order chi connectivity index (χ1) is 14.4. The second-order valence-corrected chi connectivity index (χ2v) is 9.54. The maximum atomic E-state index is 13.1. The van der Waals surface area contributed by atoms with E-state index in [0.29, 0.717) is 15.8 Å². The number of nitrogens with one attached hydrogen (secondary N) is 1. The highest BCUT2D eigenvalue weighted by Crippen LogP contribution is 2.26. The smallest absolute Gasteiger partial charge is 0.261 e. The first kappa shape index (κ1) is 25.0. The Kier molecular flexibility index (Phi) is 8.38. The molecule has 0 saturated heterocycles. The van der Waals surface area contributed by atoms with Crippen molar-refractivity contribution in [2.75, 3.05) is 6.61 Å². The fraction of sp³-hybridized carbons (Fsp3) is 0.417. The maximum Gasteiger partial charge on any atom is 0.261 e. The molecule has 0 fully saturated rings. The number of ether oxygens (including phenoxy) is 1. The number of rotatable bonds is 7. The molecule has 2 amide bonds. The van der Waals surface area contributed by atoms with Gasteiger partial charge in [-0.15, -0.1) is 0 Å². The van der Waals surface area contributed by atoms with E-state index in [4.69, 9.17) is 27.9 Å². The third-order valence-electron chi connectivity index (χ3n) is 4.68. The largest absolute Gasteiger partial charge is 0.484 e. The normalized spacial score (nSPS) is 12.3. The zero-order valence-corrected chi connectivity index (χ0v) is 20.4. The zero-order valence-electron chi connectivity index (χ0n) is 18.9. The predicted octanol–water partition coefficient (Wildman–Crippen LogP) is 5.32. The van der Waals surface area contributed by atoms with Gasteiger partial charge in [0, 0.05) is 22.1 Å². The highest BCUT2D eigenvalue weighted by Gasteiger charge is 2.28. The molecule has 0 aliphatic carbocycles. The van der Waals surface area contributed by atoms with Crippen molar-refractivity contribution in [3.63, 3.8) is 0 Å². The fourth-order valence-electron chi connectivity index (χ4n) is 3.11. The third-order valence-corrected chi connectivity index (χ3v) is 5.51. The molecule has 31 heavy (non-hydrogen) atoms. The molecule has 1 atom stereocenters. The number of benzene rings is 2. The van der Waals surface area contributed by atoms with E-state index >= 15 is 0 Å². The molecule has 1 N–H and O–H groups in total. The van der Waals surface area contributed by atoms with E-state index in [-0.39, 0.29) is 25.0 Å². The summed E-state index contributed by atoms with van der Waals surface area (Å²) in [5.74, 6) is 0.0186. The van der Waals surface area contributed by atoms with Crippen LogP contribution in [0.1, 0.15) is 44.4 Å². The summed E-state index contributed by atoms with van der Waals surface area (Å²) in [4.78, 5) is 27.4. The van der Waals surface area contributed by atoms with Crippen molar-refractivity contribution in [3.05, 3.63) is 63.1 Å². The Morgan fingerprint density at radius 3 is 2.26 bits per heavy atom. The standard InChI is InChI=1S/C24H30Cl2N2O3/c1-15-10-20(11-16(2)22(15)26)31-14-21(29)28(13-18-8-7-9-19(25)12-18)17(3)23(30)27-24(4,5)6/h7-12,17H,13-14H2,1-6H3,(H,27,30)/t17-/m0/s1. The lowest BCUT2D eigenvalue weighted by Gasteiger charge is -2.31. The number of aryl methyl sites for hydroxylation is 2. The third kappa shape index (κ3) is 7.44. The molecule has 2 aromatic rings. The lowest BCUT2D eigenvalue weighted by Crippen LogP contribution is -2.53. The monoisotopic (exact) mass is 464 g/mol. The number of hydrogen-bond donors (Lipinski definition) is 1. The molecule has 0 spiro atoms. The summed E-state index contributed by atoms with van der Waals surface area (Å²) in [6.45, 7) is 11.2. The summed E-state index contributed by atoms with van der Waals surface area (Å²) < 4.78 is 5.75. The molecule has 0 bridgehead atoms. The van der Waals surface area contributed by atoms with E-state index in [1.54, 1.807) is 31.2 Å². The lowest BCUT2D eigenvalue weighted by molar-refractivity contribution is -0.142. The molecule has 7 heteroatoms. The van der Waals surface area contributed by atoms with Crippen molar-refractivity contribution in [2.24, 2.45) is 0 Å². The highest BCUT2D eigenvalue weighted by atomic mass is 35.5. The molecule has 0 aromatic heterocycles. The fourth-order valence-corrected chi connectivity index (χ4v) is 3.43. The van der Waals surface area contributed by atoms with E-state index in [9.17, 15) is 9.59 Å². The minimum Gasteiger partial charge on any atom is -0.484 e. The summed E-state index contributed by atoms with van der Waals surface area (Å²) in [6.07, 6.45) is 0. The lowest BCUT2D eigenvalue weighted by atomic mass is 10.1. The van der Waals surface area contributed by atoms with Gasteiger partial charge in [0.2, 0.25) is 5.91 Å². The van der Waals surface area contributed by atoms with Gasteiger partial charge in [-0.3, -0.25) is 9.59 Å². The minimum absolute atomic E-state index is 0.200. The Balaban J connectivity index is 2.21. The van der Waals surface area contributed by atoms with Crippen LogP contribution in [-0.4, -0.2) is 34.9 Å². The molecular weight excluding hydrogens is 435 g/mol. The molecule has 5 nitrogen and oxygen atoms in total. The molecule has 0 heterocycles. The zero-order chi connectivity index (χ0) is 23.3. The van der Waals surface area contributed by atoms with Crippen LogP contribution in [0.25, 0.3) is 0 Å². The molecule has 0 aliphatic rings. The Bertz CT molecular complexity index is 931. The van der Waals surface area contributed by atoms with Crippen molar-refractivity contribution in [1.29, 1.82) is 0 Å². The number of halogens is 2. The van der Waals surface area contributed by atoms with Crippen LogP contribution in [0.5, 0.6) is 5.75 Å². The maximum absolute atomic E-state index is 13.1. The van der Waals surface area contributed by atoms with Crippen LogP contribution in [-0.2, 0) is 16.1 Å². The van der Waals surface area contributed by atoms with Gasteiger partial charge in [0.15, 0.2) is 6.61 Å². The van der Waals surface area contributed by atoms with Crippen LogP contribution in [0.2, 0.25) is 10.0 Å². The summed E-state index contributed by atoms with van der Waals surface area (Å²) in [6, 6.07) is 10.1. The van der Waals surface area contributed by atoms with Crippen LogP contribution >= 0.6 is 23.2 Å². The number of hydrogen-bond acceptors (Lipinski definition) is 3. The number of amides is 2. The average Bonchev–Trinajstić information content (AvgIpc) is 2.66. The van der Waals surface area contributed by atoms with E-state index in [0.717, 1.165) is 16.7 Å². The SMILES string of the molecule is Cc1cc(OCC(=O)N(Cc2cccc(Cl)c2)[C@@H](C)C(=O)NC(C)(C)C)cc(C)c1Cl. The number of carbonyl (C=O) groups excluding carboxylic acids is 2.